The largest absolute Gasteiger partial charge is 0.308 e. The van der Waals surface area contributed by atoms with Crippen molar-refractivity contribution in [3.8, 4) is 22.5 Å². The fourth-order valence-electron chi connectivity index (χ4n) is 9.05. The van der Waals surface area contributed by atoms with Crippen LogP contribution in [0.5, 0.6) is 0 Å². The van der Waals surface area contributed by atoms with Gasteiger partial charge in [0.05, 0.1) is 28.5 Å². The Morgan fingerprint density at radius 3 is 2.47 bits per heavy atom. The molecule has 3 nitrogen and oxygen atoms in total. The lowest BCUT2D eigenvalue weighted by molar-refractivity contribution is -0.720. The molecular weight excluding hydrogens is 571 g/mol. The quantitative estimate of drug-likeness (QED) is 0.165. The number of fused-ring (bicyclic) bond motifs is 15. The van der Waals surface area contributed by atoms with Gasteiger partial charge in [0.2, 0.25) is 11.4 Å². The zero-order valence-electron chi connectivity index (χ0n) is 27.0. The van der Waals surface area contributed by atoms with Crippen molar-refractivity contribution in [1.82, 2.24) is 4.40 Å². The highest BCUT2D eigenvalue weighted by Gasteiger charge is 2.42. The van der Waals surface area contributed by atoms with Crippen LogP contribution in [0.3, 0.4) is 0 Å². The molecule has 0 amide bonds. The first kappa shape index (κ1) is 26.9. The van der Waals surface area contributed by atoms with E-state index in [0.29, 0.717) is 5.92 Å². The molecule has 4 aromatic heterocycles. The van der Waals surface area contributed by atoms with Crippen LogP contribution in [0.15, 0.2) is 122 Å². The molecule has 0 saturated carbocycles. The van der Waals surface area contributed by atoms with Crippen LogP contribution >= 0.6 is 0 Å². The molecule has 0 saturated heterocycles. The number of benzene rings is 4. The summed E-state index contributed by atoms with van der Waals surface area (Å²) in [6.45, 7) is 9.22. The maximum absolute atomic E-state index is 4.77. The predicted octanol–water partition coefficient (Wildman–Crippen LogP) is 9.76. The van der Waals surface area contributed by atoms with Crippen LogP contribution in [0.25, 0.3) is 66.3 Å². The standard InChI is InChI=1S/C44H37N3/c1-4-29-16-20-41-37(23-29)34-12-9-13-35-38-25-36-30(24-43(38)47(41)44(34)35)17-18-33-31-10-5-6-11-32(31)40-19-15-27(2)26-46(40)42(33)22-28(3)45-21-8-7-14-39(36)45/h5-16,19-21,23-26,33,42H,3-4,17-18,22H2,1-2H3/q+2. The minimum absolute atomic E-state index is 0.286. The van der Waals surface area contributed by atoms with E-state index >= 15 is 0 Å². The molecule has 2 aliphatic rings. The Labute approximate surface area is 275 Å². The fourth-order valence-corrected chi connectivity index (χ4v) is 9.05. The minimum Gasteiger partial charge on any atom is -0.308 e. The molecule has 2 unspecified atom stereocenters. The monoisotopic (exact) mass is 607 g/mol. The molecule has 10 rings (SSSR count). The Kier molecular flexibility index (Phi) is 5.64. The molecule has 0 radical (unpaired) electrons. The number of aryl methyl sites for hydroxylation is 3. The lowest BCUT2D eigenvalue weighted by Crippen LogP contribution is -2.49. The number of aromatic nitrogens is 3. The summed E-state index contributed by atoms with van der Waals surface area (Å²) in [6.07, 6.45) is 8.58. The van der Waals surface area contributed by atoms with Gasteiger partial charge in [-0.25, -0.2) is 0 Å². The highest BCUT2D eigenvalue weighted by Crippen LogP contribution is 2.46. The van der Waals surface area contributed by atoms with Gasteiger partial charge in [0.1, 0.15) is 0 Å². The van der Waals surface area contributed by atoms with Gasteiger partial charge in [0.25, 0.3) is 0 Å². The molecule has 2 atom stereocenters. The predicted molar refractivity (Wildman–Crippen MR) is 193 cm³/mol. The molecule has 2 aliphatic heterocycles. The van der Waals surface area contributed by atoms with E-state index in [2.05, 4.69) is 143 Å². The third-order valence-electron chi connectivity index (χ3n) is 11.2. The summed E-state index contributed by atoms with van der Waals surface area (Å²) >= 11 is 0. The van der Waals surface area contributed by atoms with E-state index < -0.39 is 0 Å². The normalized spacial score (nSPS) is 17.4. The topological polar surface area (TPSA) is 12.2 Å². The third kappa shape index (κ3) is 3.74. The Bertz CT molecular complexity index is 2590. The molecule has 6 heterocycles. The molecule has 0 spiro atoms. The highest BCUT2D eigenvalue weighted by atomic mass is 15.0. The van der Waals surface area contributed by atoms with E-state index in [-0.39, 0.29) is 6.04 Å². The number of allylic oxidation sites excluding steroid dienone is 1. The number of nitrogens with zero attached hydrogens (tertiary/aromatic N) is 3. The van der Waals surface area contributed by atoms with Crippen LogP contribution in [0, 0.1) is 6.92 Å². The number of hydrogen-bond acceptors (Lipinski definition) is 0. The van der Waals surface area contributed by atoms with E-state index in [1.807, 2.05) is 0 Å². The Balaban J connectivity index is 1.24. The van der Waals surface area contributed by atoms with Crippen molar-refractivity contribution in [3.63, 3.8) is 0 Å². The van der Waals surface area contributed by atoms with Crippen molar-refractivity contribution in [2.24, 2.45) is 0 Å². The lowest BCUT2D eigenvalue weighted by Gasteiger charge is -2.31. The Morgan fingerprint density at radius 2 is 1.60 bits per heavy atom. The summed E-state index contributed by atoms with van der Waals surface area (Å²) in [5.41, 5.74) is 15.8. The summed E-state index contributed by atoms with van der Waals surface area (Å²) in [6, 6.07) is 39.5. The summed E-state index contributed by atoms with van der Waals surface area (Å²) in [5, 5.41) is 5.36. The van der Waals surface area contributed by atoms with Crippen LogP contribution in [-0.4, -0.2) is 4.40 Å². The van der Waals surface area contributed by atoms with Gasteiger partial charge in [0, 0.05) is 56.8 Å². The average Bonchev–Trinajstić information content (AvgIpc) is 3.62. The Morgan fingerprint density at radius 1 is 0.766 bits per heavy atom. The van der Waals surface area contributed by atoms with Crippen molar-refractivity contribution in [3.05, 3.63) is 144 Å². The zero-order valence-corrected chi connectivity index (χ0v) is 27.0. The molecule has 0 aliphatic carbocycles. The summed E-state index contributed by atoms with van der Waals surface area (Å²) in [4.78, 5) is 0. The minimum atomic E-state index is 0.286. The summed E-state index contributed by atoms with van der Waals surface area (Å²) < 4.78 is 7.47. The second-order valence-corrected chi connectivity index (χ2v) is 13.8. The number of pyridine rings is 2. The van der Waals surface area contributed by atoms with E-state index in [0.717, 1.165) is 31.4 Å². The summed E-state index contributed by atoms with van der Waals surface area (Å²) in [5.74, 6) is 0.373. The molecule has 0 N–H and O–H groups in total. The van der Waals surface area contributed by atoms with Crippen LogP contribution < -0.4 is 9.13 Å². The summed E-state index contributed by atoms with van der Waals surface area (Å²) in [7, 11) is 0. The number of hydrogen-bond donors (Lipinski definition) is 0. The molecule has 226 valence electrons. The van der Waals surface area contributed by atoms with E-state index in [1.54, 1.807) is 0 Å². The maximum atomic E-state index is 4.77. The van der Waals surface area contributed by atoms with Gasteiger partial charge in [-0.15, -0.1) is 0 Å². The molecule has 4 aromatic carbocycles. The molecular formula is C44H37N3+2. The van der Waals surface area contributed by atoms with E-state index in [4.69, 9.17) is 6.58 Å². The second-order valence-electron chi connectivity index (χ2n) is 13.8. The van der Waals surface area contributed by atoms with Crippen molar-refractivity contribution < 1.29 is 9.13 Å². The molecule has 0 fully saturated rings. The Hall–Kier alpha value is -5.28. The van der Waals surface area contributed by atoms with Crippen molar-refractivity contribution in [2.45, 2.75) is 51.5 Å². The van der Waals surface area contributed by atoms with Crippen LogP contribution in [0.1, 0.15) is 54.0 Å². The van der Waals surface area contributed by atoms with Gasteiger partial charge < -0.3 is 4.40 Å². The number of rotatable bonds is 1. The molecule has 0 bridgehead atoms. The van der Waals surface area contributed by atoms with Gasteiger partial charge in [0.15, 0.2) is 24.1 Å². The first-order valence-corrected chi connectivity index (χ1v) is 17.1. The van der Waals surface area contributed by atoms with E-state index in [9.17, 15) is 0 Å². The van der Waals surface area contributed by atoms with Crippen molar-refractivity contribution >= 4 is 43.8 Å². The van der Waals surface area contributed by atoms with Gasteiger partial charge >= 0.3 is 0 Å². The molecule has 8 aromatic rings. The van der Waals surface area contributed by atoms with Crippen molar-refractivity contribution in [1.29, 1.82) is 0 Å². The molecule has 3 heteroatoms. The smallest absolute Gasteiger partial charge is 0.218 e. The SMILES string of the molecule is C=C1CC2C(CCc3cc4c(cc3-c3cccc[n+]31)c1cccc3c5cc(CC)ccc5n4c31)c1ccccc1-c1ccc(C)c[n+]12. The number of para-hydroxylation sites is 1. The zero-order chi connectivity index (χ0) is 31.4. The third-order valence-corrected chi connectivity index (χ3v) is 11.2. The van der Waals surface area contributed by atoms with Crippen LogP contribution in [0.2, 0.25) is 0 Å². The van der Waals surface area contributed by atoms with Gasteiger partial charge in [-0.1, -0.05) is 49.4 Å². The van der Waals surface area contributed by atoms with Gasteiger partial charge in [-0.05, 0) is 91.9 Å². The van der Waals surface area contributed by atoms with Crippen LogP contribution in [-0.2, 0) is 12.8 Å². The second kappa shape index (κ2) is 9.86. The van der Waals surface area contributed by atoms with Crippen molar-refractivity contribution in [2.75, 3.05) is 0 Å². The molecule has 47 heavy (non-hydrogen) atoms. The van der Waals surface area contributed by atoms with Crippen LogP contribution in [0.4, 0.5) is 0 Å². The maximum Gasteiger partial charge on any atom is 0.218 e. The fraction of sp³-hybridized carbons (Fsp3) is 0.182. The van der Waals surface area contributed by atoms with Gasteiger partial charge in [-0.3, -0.25) is 0 Å². The first-order chi connectivity index (χ1) is 23.1. The van der Waals surface area contributed by atoms with Gasteiger partial charge in [-0.2, -0.15) is 9.13 Å². The average molecular weight is 608 g/mol. The highest BCUT2D eigenvalue weighted by molar-refractivity contribution is 6.23. The van der Waals surface area contributed by atoms with E-state index in [1.165, 1.54) is 82.9 Å². The first-order valence-electron chi connectivity index (χ1n) is 17.1. The lowest BCUT2D eigenvalue weighted by atomic mass is 9.77.